The second-order valence-electron chi connectivity index (χ2n) is 6.04. The highest BCUT2D eigenvalue weighted by molar-refractivity contribution is 5.81. The van der Waals surface area contributed by atoms with Gasteiger partial charge in [-0.25, -0.2) is 0 Å². The lowest BCUT2D eigenvalue weighted by atomic mass is 10.0. The number of benzene rings is 2. The van der Waals surface area contributed by atoms with E-state index in [-0.39, 0.29) is 11.9 Å². The van der Waals surface area contributed by atoms with Crippen LogP contribution < -0.4 is 14.8 Å². The highest BCUT2D eigenvalue weighted by atomic mass is 16.5. The summed E-state index contributed by atoms with van der Waals surface area (Å²) in [7, 11) is 1.60. The third kappa shape index (κ3) is 4.85. The van der Waals surface area contributed by atoms with E-state index < -0.39 is 6.10 Å². The molecule has 5 heteroatoms. The lowest BCUT2D eigenvalue weighted by molar-refractivity contribution is -0.127. The summed E-state index contributed by atoms with van der Waals surface area (Å²) < 4.78 is 10.9. The quantitative estimate of drug-likeness (QED) is 0.695. The van der Waals surface area contributed by atoms with Gasteiger partial charge in [-0.3, -0.25) is 9.78 Å². The lowest BCUT2D eigenvalue weighted by Crippen LogP contribution is -2.39. The van der Waals surface area contributed by atoms with Gasteiger partial charge in [-0.05, 0) is 48.9 Å². The molecule has 0 radical (unpaired) electrons. The van der Waals surface area contributed by atoms with Crippen molar-refractivity contribution in [3.8, 4) is 11.5 Å². The fourth-order valence-electron chi connectivity index (χ4n) is 2.69. The number of carbonyl (C=O) groups is 1. The van der Waals surface area contributed by atoms with E-state index in [1.807, 2.05) is 48.5 Å². The van der Waals surface area contributed by atoms with Gasteiger partial charge in [0, 0.05) is 6.20 Å². The maximum Gasteiger partial charge on any atom is 0.261 e. The second kappa shape index (κ2) is 8.85. The lowest BCUT2D eigenvalue weighted by Gasteiger charge is -2.22. The van der Waals surface area contributed by atoms with Gasteiger partial charge in [0.25, 0.3) is 5.91 Å². The molecule has 138 valence electrons. The van der Waals surface area contributed by atoms with E-state index in [9.17, 15) is 4.79 Å². The van der Waals surface area contributed by atoms with Crippen molar-refractivity contribution in [2.75, 3.05) is 7.11 Å². The molecule has 3 rings (SSSR count). The molecule has 1 heterocycles. The van der Waals surface area contributed by atoms with Gasteiger partial charge >= 0.3 is 0 Å². The van der Waals surface area contributed by atoms with Crippen LogP contribution in [0.2, 0.25) is 0 Å². The topological polar surface area (TPSA) is 60.5 Å². The predicted octanol–water partition coefficient (Wildman–Crippen LogP) is 3.76. The molecular weight excluding hydrogens is 340 g/mol. The Morgan fingerprint density at radius 1 is 0.926 bits per heavy atom. The molecule has 27 heavy (non-hydrogen) atoms. The molecule has 0 saturated carbocycles. The first-order valence-corrected chi connectivity index (χ1v) is 8.74. The van der Waals surface area contributed by atoms with E-state index in [4.69, 9.17) is 9.47 Å². The molecule has 0 aliphatic heterocycles. The first kappa shape index (κ1) is 18.5. The number of carbonyl (C=O) groups excluding carboxylic acids is 1. The summed E-state index contributed by atoms with van der Waals surface area (Å²) in [6.45, 7) is 1.72. The van der Waals surface area contributed by atoms with Crippen LogP contribution in [0.3, 0.4) is 0 Å². The van der Waals surface area contributed by atoms with Crippen molar-refractivity contribution >= 4 is 5.91 Å². The minimum Gasteiger partial charge on any atom is -0.497 e. The SMILES string of the molecule is COc1ccc(OC(C)C(=O)NC(c2ccccc2)c2ccccn2)cc1. The molecule has 0 aliphatic rings. The molecular formula is C22H22N2O3. The highest BCUT2D eigenvalue weighted by Crippen LogP contribution is 2.21. The Bertz CT molecular complexity index is 812. The van der Waals surface area contributed by atoms with E-state index in [0.29, 0.717) is 5.75 Å². The molecule has 2 unspecified atom stereocenters. The van der Waals surface area contributed by atoms with Crippen LogP contribution in [0.25, 0.3) is 0 Å². The number of aromatic nitrogens is 1. The highest BCUT2D eigenvalue weighted by Gasteiger charge is 2.22. The van der Waals surface area contributed by atoms with Gasteiger partial charge < -0.3 is 14.8 Å². The fourth-order valence-corrected chi connectivity index (χ4v) is 2.69. The summed E-state index contributed by atoms with van der Waals surface area (Å²) in [5.74, 6) is 1.12. The predicted molar refractivity (Wildman–Crippen MR) is 104 cm³/mol. The number of nitrogens with one attached hydrogen (secondary N) is 1. The van der Waals surface area contributed by atoms with Gasteiger partial charge in [0.1, 0.15) is 11.5 Å². The van der Waals surface area contributed by atoms with Crippen molar-refractivity contribution in [1.29, 1.82) is 0 Å². The average Bonchev–Trinajstić information content (AvgIpc) is 2.73. The number of rotatable bonds is 7. The maximum absolute atomic E-state index is 12.7. The minimum atomic E-state index is -0.659. The smallest absolute Gasteiger partial charge is 0.261 e. The van der Waals surface area contributed by atoms with Crippen molar-refractivity contribution in [2.24, 2.45) is 0 Å². The summed E-state index contributed by atoms with van der Waals surface area (Å²) in [6.07, 6.45) is 1.06. The third-order valence-electron chi connectivity index (χ3n) is 4.14. The summed E-state index contributed by atoms with van der Waals surface area (Å²) in [4.78, 5) is 17.1. The summed E-state index contributed by atoms with van der Waals surface area (Å²) in [5.41, 5.74) is 1.73. The molecule has 2 atom stereocenters. The minimum absolute atomic E-state index is 0.217. The molecule has 3 aromatic rings. The summed E-state index contributed by atoms with van der Waals surface area (Å²) in [6, 6.07) is 22.2. The first-order valence-electron chi connectivity index (χ1n) is 8.74. The molecule has 0 saturated heterocycles. The van der Waals surface area contributed by atoms with Crippen LogP contribution in [0.15, 0.2) is 79.0 Å². The zero-order valence-corrected chi connectivity index (χ0v) is 15.3. The van der Waals surface area contributed by atoms with E-state index in [2.05, 4.69) is 10.3 Å². The van der Waals surface area contributed by atoms with Crippen LogP contribution in [0.5, 0.6) is 11.5 Å². The number of nitrogens with zero attached hydrogens (tertiary/aromatic N) is 1. The number of hydrogen-bond donors (Lipinski definition) is 1. The second-order valence-corrected chi connectivity index (χ2v) is 6.04. The first-order chi connectivity index (χ1) is 13.2. The summed E-state index contributed by atoms with van der Waals surface area (Å²) in [5, 5.41) is 3.04. The number of pyridine rings is 1. The third-order valence-corrected chi connectivity index (χ3v) is 4.14. The Morgan fingerprint density at radius 3 is 2.22 bits per heavy atom. The van der Waals surface area contributed by atoms with E-state index in [1.165, 1.54) is 0 Å². The van der Waals surface area contributed by atoms with Crippen LogP contribution >= 0.6 is 0 Å². The Hall–Kier alpha value is -3.34. The normalized spacial score (nSPS) is 12.7. The van der Waals surface area contributed by atoms with Crippen molar-refractivity contribution in [1.82, 2.24) is 10.3 Å². The van der Waals surface area contributed by atoms with Crippen LogP contribution in [0.4, 0.5) is 0 Å². The maximum atomic E-state index is 12.7. The van der Waals surface area contributed by atoms with E-state index in [0.717, 1.165) is 17.0 Å². The molecule has 5 nitrogen and oxygen atoms in total. The monoisotopic (exact) mass is 362 g/mol. The fraction of sp³-hybridized carbons (Fsp3) is 0.182. The molecule has 1 amide bonds. The van der Waals surface area contributed by atoms with Gasteiger partial charge in [0.05, 0.1) is 18.8 Å². The number of amides is 1. The molecule has 0 fully saturated rings. The molecule has 0 spiro atoms. The number of ether oxygens (including phenoxy) is 2. The number of methoxy groups -OCH3 is 1. The zero-order valence-electron chi connectivity index (χ0n) is 15.3. The molecule has 1 N–H and O–H groups in total. The zero-order chi connectivity index (χ0) is 19.1. The molecule has 0 bridgehead atoms. The van der Waals surface area contributed by atoms with Gasteiger partial charge in [-0.15, -0.1) is 0 Å². The number of hydrogen-bond acceptors (Lipinski definition) is 4. The van der Waals surface area contributed by atoms with Crippen LogP contribution in [0, 0.1) is 0 Å². The Labute approximate surface area is 159 Å². The van der Waals surface area contributed by atoms with Crippen LogP contribution in [-0.2, 0) is 4.79 Å². The van der Waals surface area contributed by atoms with Crippen molar-refractivity contribution < 1.29 is 14.3 Å². The van der Waals surface area contributed by atoms with Crippen LogP contribution in [0.1, 0.15) is 24.2 Å². The van der Waals surface area contributed by atoms with Crippen molar-refractivity contribution in [3.05, 3.63) is 90.3 Å². The van der Waals surface area contributed by atoms with Crippen LogP contribution in [-0.4, -0.2) is 24.1 Å². The molecule has 1 aromatic heterocycles. The van der Waals surface area contributed by atoms with Gasteiger partial charge in [-0.2, -0.15) is 0 Å². The van der Waals surface area contributed by atoms with Gasteiger partial charge in [-0.1, -0.05) is 36.4 Å². The largest absolute Gasteiger partial charge is 0.497 e. The average molecular weight is 362 g/mol. The van der Waals surface area contributed by atoms with Crippen molar-refractivity contribution in [3.63, 3.8) is 0 Å². The van der Waals surface area contributed by atoms with E-state index >= 15 is 0 Å². The Morgan fingerprint density at radius 2 is 1.59 bits per heavy atom. The van der Waals surface area contributed by atoms with Gasteiger partial charge in [0.2, 0.25) is 0 Å². The Balaban J connectivity index is 1.73. The van der Waals surface area contributed by atoms with Crippen molar-refractivity contribution in [2.45, 2.75) is 19.1 Å². The van der Waals surface area contributed by atoms with E-state index in [1.54, 1.807) is 44.5 Å². The molecule has 2 aromatic carbocycles. The summed E-state index contributed by atoms with van der Waals surface area (Å²) >= 11 is 0. The molecule has 0 aliphatic carbocycles. The standard InChI is InChI=1S/C22H22N2O3/c1-16(27-19-13-11-18(26-2)12-14-19)22(25)24-21(17-8-4-3-5-9-17)20-10-6-7-15-23-20/h3-16,21H,1-2H3,(H,24,25). The Kier molecular flexibility index (Phi) is 6.05. The van der Waals surface area contributed by atoms with Gasteiger partial charge in [0.15, 0.2) is 6.10 Å².